The highest BCUT2D eigenvalue weighted by Gasteiger charge is 2.60. The van der Waals surface area contributed by atoms with E-state index in [1.165, 1.54) is 4.90 Å². The number of alkyl halides is 9. The van der Waals surface area contributed by atoms with Crippen LogP contribution in [0.15, 0.2) is 36.4 Å². The zero-order chi connectivity index (χ0) is 23.5. The van der Waals surface area contributed by atoms with Crippen molar-refractivity contribution in [3.8, 4) is 0 Å². The minimum absolute atomic E-state index is 0.143. The molecule has 1 atom stereocenters. The lowest BCUT2D eigenvalue weighted by atomic mass is 9.77. The number of aryl methyl sites for hydroxylation is 2. The standard InChI is InChI=1S/C22H18F9N/c23-20(24,25)16-9-15(10-17(11-16)21(26,27)28)19(22(29,30)31)6-7-32(12-19)18-5-4-13-2-1-3-14(13)8-18/h4-5,8-11H,1-3,6-7,12H2. The van der Waals surface area contributed by atoms with E-state index in [-0.39, 0.29) is 24.7 Å². The summed E-state index contributed by atoms with van der Waals surface area (Å²) in [6.07, 6.45) is -13.6. The fourth-order valence-electron chi connectivity index (χ4n) is 4.65. The zero-order valence-corrected chi connectivity index (χ0v) is 16.6. The highest BCUT2D eigenvalue weighted by molar-refractivity contribution is 5.55. The Hall–Kier alpha value is -2.39. The third kappa shape index (κ3) is 3.92. The van der Waals surface area contributed by atoms with Crippen LogP contribution in [0.3, 0.4) is 0 Å². The molecule has 1 aliphatic heterocycles. The summed E-state index contributed by atoms with van der Waals surface area (Å²) in [5.41, 5.74) is -4.78. The first-order valence-corrected chi connectivity index (χ1v) is 9.94. The number of hydrogen-bond acceptors (Lipinski definition) is 1. The maximum Gasteiger partial charge on any atom is 0.416 e. The van der Waals surface area contributed by atoms with Crippen LogP contribution in [0.25, 0.3) is 0 Å². The van der Waals surface area contributed by atoms with Crippen LogP contribution in [-0.4, -0.2) is 19.3 Å². The van der Waals surface area contributed by atoms with Crippen molar-refractivity contribution in [3.63, 3.8) is 0 Å². The van der Waals surface area contributed by atoms with Gasteiger partial charge in [-0.05, 0) is 72.7 Å². The molecular weight excluding hydrogens is 449 g/mol. The largest absolute Gasteiger partial charge is 0.416 e. The minimum Gasteiger partial charge on any atom is -0.370 e. The van der Waals surface area contributed by atoms with E-state index in [9.17, 15) is 39.5 Å². The van der Waals surface area contributed by atoms with Crippen molar-refractivity contribution in [2.24, 2.45) is 0 Å². The van der Waals surface area contributed by atoms with Gasteiger partial charge in [0, 0.05) is 18.8 Å². The molecule has 2 aliphatic rings. The van der Waals surface area contributed by atoms with Crippen molar-refractivity contribution in [2.45, 2.75) is 49.6 Å². The van der Waals surface area contributed by atoms with E-state index in [4.69, 9.17) is 0 Å². The first-order chi connectivity index (χ1) is 14.7. The number of hydrogen-bond donors (Lipinski definition) is 0. The van der Waals surface area contributed by atoms with Gasteiger partial charge in [-0.2, -0.15) is 39.5 Å². The van der Waals surface area contributed by atoms with E-state index in [2.05, 4.69) is 0 Å². The third-order valence-corrected chi connectivity index (χ3v) is 6.40. The molecule has 4 rings (SSSR count). The monoisotopic (exact) mass is 467 g/mol. The van der Waals surface area contributed by atoms with Crippen LogP contribution in [0.5, 0.6) is 0 Å². The van der Waals surface area contributed by atoms with Gasteiger partial charge in [0.15, 0.2) is 0 Å². The predicted octanol–water partition coefficient (Wildman–Crippen LogP) is 6.92. The van der Waals surface area contributed by atoms with E-state index in [1.807, 2.05) is 6.07 Å². The highest BCUT2D eigenvalue weighted by atomic mass is 19.4. The van der Waals surface area contributed by atoms with Crippen LogP contribution in [0, 0.1) is 0 Å². The molecule has 1 heterocycles. The van der Waals surface area contributed by atoms with Crippen molar-refractivity contribution in [1.82, 2.24) is 0 Å². The van der Waals surface area contributed by atoms with E-state index in [1.54, 1.807) is 12.1 Å². The summed E-state index contributed by atoms with van der Waals surface area (Å²) in [6.45, 7) is -0.899. The molecule has 0 N–H and O–H groups in total. The Morgan fingerprint density at radius 1 is 0.719 bits per heavy atom. The quantitative estimate of drug-likeness (QED) is 0.434. The van der Waals surface area contributed by atoms with Crippen LogP contribution in [-0.2, 0) is 30.6 Å². The van der Waals surface area contributed by atoms with Crippen LogP contribution in [0.2, 0.25) is 0 Å². The van der Waals surface area contributed by atoms with E-state index in [0.29, 0.717) is 5.69 Å². The Morgan fingerprint density at radius 2 is 1.31 bits per heavy atom. The van der Waals surface area contributed by atoms with Crippen LogP contribution >= 0.6 is 0 Å². The summed E-state index contributed by atoms with van der Waals surface area (Å²) in [7, 11) is 0. The second kappa shape index (κ2) is 7.31. The van der Waals surface area contributed by atoms with Gasteiger partial charge >= 0.3 is 18.5 Å². The molecule has 1 unspecified atom stereocenters. The smallest absolute Gasteiger partial charge is 0.370 e. The Kier molecular flexibility index (Phi) is 5.21. The molecule has 174 valence electrons. The molecule has 32 heavy (non-hydrogen) atoms. The molecule has 10 heteroatoms. The van der Waals surface area contributed by atoms with Gasteiger partial charge < -0.3 is 4.90 Å². The fraction of sp³-hybridized carbons (Fsp3) is 0.455. The fourth-order valence-corrected chi connectivity index (χ4v) is 4.65. The second-order valence-electron chi connectivity index (χ2n) is 8.35. The molecule has 1 aliphatic carbocycles. The first kappa shape index (κ1) is 22.8. The van der Waals surface area contributed by atoms with Gasteiger partial charge in [-0.15, -0.1) is 0 Å². The number of benzene rings is 2. The van der Waals surface area contributed by atoms with Gasteiger partial charge in [-0.3, -0.25) is 0 Å². The number of anilines is 1. The van der Waals surface area contributed by atoms with Gasteiger partial charge in [0.25, 0.3) is 0 Å². The molecule has 1 fully saturated rings. The lowest BCUT2D eigenvalue weighted by Gasteiger charge is -2.33. The third-order valence-electron chi connectivity index (χ3n) is 6.40. The molecule has 0 bridgehead atoms. The molecular formula is C22H18F9N. The number of nitrogens with zero attached hydrogens (tertiary/aromatic N) is 1. The van der Waals surface area contributed by atoms with Crippen molar-refractivity contribution in [1.29, 1.82) is 0 Å². The molecule has 0 amide bonds. The van der Waals surface area contributed by atoms with Crippen molar-refractivity contribution in [2.75, 3.05) is 18.0 Å². The predicted molar refractivity (Wildman–Crippen MR) is 99.5 cm³/mol. The Morgan fingerprint density at radius 3 is 1.88 bits per heavy atom. The molecule has 0 aromatic heterocycles. The van der Waals surface area contributed by atoms with Gasteiger partial charge in [0.2, 0.25) is 0 Å². The highest BCUT2D eigenvalue weighted by Crippen LogP contribution is 2.50. The lowest BCUT2D eigenvalue weighted by molar-refractivity contribution is -0.185. The van der Waals surface area contributed by atoms with Gasteiger partial charge in [-0.1, -0.05) is 6.07 Å². The normalized spacial score (nSPS) is 21.8. The van der Waals surface area contributed by atoms with Crippen LogP contribution < -0.4 is 4.90 Å². The summed E-state index contributed by atoms with van der Waals surface area (Å²) >= 11 is 0. The second-order valence-corrected chi connectivity index (χ2v) is 8.35. The topological polar surface area (TPSA) is 3.24 Å². The molecule has 2 aromatic carbocycles. The van der Waals surface area contributed by atoms with Gasteiger partial charge in [0.1, 0.15) is 5.41 Å². The van der Waals surface area contributed by atoms with Crippen LogP contribution in [0.1, 0.15) is 40.7 Å². The summed E-state index contributed by atoms with van der Waals surface area (Å²) in [5, 5.41) is 0. The molecule has 2 aromatic rings. The van der Waals surface area contributed by atoms with Crippen molar-refractivity contribution >= 4 is 5.69 Å². The lowest BCUT2D eigenvalue weighted by Crippen LogP contribution is -2.45. The Balaban J connectivity index is 1.80. The maximum absolute atomic E-state index is 14.3. The molecule has 0 saturated carbocycles. The number of rotatable bonds is 2. The number of fused-ring (bicyclic) bond motifs is 1. The van der Waals surface area contributed by atoms with E-state index in [0.717, 1.165) is 30.4 Å². The summed E-state index contributed by atoms with van der Waals surface area (Å²) in [4.78, 5) is 1.39. The molecule has 1 nitrogen and oxygen atoms in total. The zero-order valence-electron chi connectivity index (χ0n) is 16.6. The van der Waals surface area contributed by atoms with E-state index < -0.39 is 53.6 Å². The van der Waals surface area contributed by atoms with E-state index >= 15 is 0 Å². The molecule has 0 radical (unpaired) electrons. The average Bonchev–Trinajstić information content (AvgIpc) is 3.33. The minimum atomic E-state index is -5.22. The molecule has 1 saturated heterocycles. The van der Waals surface area contributed by atoms with Crippen LogP contribution in [0.4, 0.5) is 45.2 Å². The van der Waals surface area contributed by atoms with Gasteiger partial charge in [-0.25, -0.2) is 0 Å². The SMILES string of the molecule is FC(F)(F)c1cc(C(F)(F)F)cc(C2(C(F)(F)F)CCN(c3ccc4c(c3)CCC4)C2)c1. The number of halogens is 9. The molecule has 0 spiro atoms. The summed E-state index contributed by atoms with van der Waals surface area (Å²) in [6, 6.07) is 5.49. The Bertz CT molecular complexity index is 987. The summed E-state index contributed by atoms with van der Waals surface area (Å²) in [5.74, 6) is 0. The van der Waals surface area contributed by atoms with Gasteiger partial charge in [0.05, 0.1) is 11.1 Å². The summed E-state index contributed by atoms with van der Waals surface area (Å²) < 4.78 is 122. The van der Waals surface area contributed by atoms with Crippen molar-refractivity contribution < 1.29 is 39.5 Å². The average molecular weight is 467 g/mol. The maximum atomic E-state index is 14.3. The Labute approximate surface area is 177 Å². The first-order valence-electron chi connectivity index (χ1n) is 9.94. The van der Waals surface area contributed by atoms with Crippen molar-refractivity contribution in [3.05, 3.63) is 64.2 Å².